The van der Waals surface area contributed by atoms with Gasteiger partial charge in [0.15, 0.2) is 0 Å². The first-order valence-corrected chi connectivity index (χ1v) is 11.8. The first kappa shape index (κ1) is 22.6. The zero-order chi connectivity index (χ0) is 22.4. The van der Waals surface area contributed by atoms with E-state index in [0.29, 0.717) is 11.4 Å². The fourth-order valence-electron chi connectivity index (χ4n) is 3.27. The number of para-hydroxylation sites is 1. The van der Waals surface area contributed by atoms with Crippen LogP contribution in [0, 0.1) is 6.92 Å². The SMILES string of the molecule is CCCCc1ccc(NC(=O)c2ccccc2N(C)S(=O)(=O)c2ccc(C)cc2)cc1. The van der Waals surface area contributed by atoms with Crippen molar-refractivity contribution in [1.29, 1.82) is 0 Å². The number of rotatable bonds is 8. The monoisotopic (exact) mass is 436 g/mol. The van der Waals surface area contributed by atoms with E-state index in [0.717, 1.165) is 29.1 Å². The normalized spacial score (nSPS) is 11.2. The van der Waals surface area contributed by atoms with Gasteiger partial charge in [-0.1, -0.05) is 55.3 Å². The Balaban J connectivity index is 1.84. The van der Waals surface area contributed by atoms with E-state index >= 15 is 0 Å². The number of aryl methyl sites for hydroxylation is 2. The molecule has 0 aliphatic rings. The molecule has 0 spiro atoms. The third-order valence-electron chi connectivity index (χ3n) is 5.20. The molecule has 5 nitrogen and oxygen atoms in total. The molecule has 0 aliphatic heterocycles. The largest absolute Gasteiger partial charge is 0.322 e. The Morgan fingerprint density at radius 2 is 1.58 bits per heavy atom. The van der Waals surface area contributed by atoms with E-state index in [1.54, 1.807) is 48.5 Å². The highest BCUT2D eigenvalue weighted by Gasteiger charge is 2.25. The van der Waals surface area contributed by atoms with Crippen LogP contribution in [0.25, 0.3) is 0 Å². The highest BCUT2D eigenvalue weighted by molar-refractivity contribution is 7.92. The van der Waals surface area contributed by atoms with Crippen LogP contribution < -0.4 is 9.62 Å². The third kappa shape index (κ3) is 5.33. The van der Waals surface area contributed by atoms with Gasteiger partial charge in [-0.3, -0.25) is 9.10 Å². The van der Waals surface area contributed by atoms with Crippen LogP contribution in [-0.4, -0.2) is 21.4 Å². The average Bonchev–Trinajstić information content (AvgIpc) is 2.78. The van der Waals surface area contributed by atoms with E-state index in [2.05, 4.69) is 12.2 Å². The number of nitrogens with one attached hydrogen (secondary N) is 1. The van der Waals surface area contributed by atoms with E-state index in [1.807, 2.05) is 31.2 Å². The smallest absolute Gasteiger partial charge is 0.264 e. The molecule has 0 heterocycles. The molecule has 6 heteroatoms. The number of hydrogen-bond donors (Lipinski definition) is 1. The number of nitrogens with zero attached hydrogens (tertiary/aromatic N) is 1. The van der Waals surface area contributed by atoms with Gasteiger partial charge in [0.25, 0.3) is 15.9 Å². The number of unbranched alkanes of at least 4 members (excludes halogenated alkanes) is 1. The van der Waals surface area contributed by atoms with E-state index in [4.69, 9.17) is 0 Å². The van der Waals surface area contributed by atoms with E-state index in [1.165, 1.54) is 12.6 Å². The van der Waals surface area contributed by atoms with Gasteiger partial charge >= 0.3 is 0 Å². The fourth-order valence-corrected chi connectivity index (χ4v) is 4.49. The van der Waals surface area contributed by atoms with E-state index in [9.17, 15) is 13.2 Å². The summed E-state index contributed by atoms with van der Waals surface area (Å²) in [5, 5.41) is 2.88. The lowest BCUT2D eigenvalue weighted by Gasteiger charge is -2.22. The molecule has 0 fully saturated rings. The molecule has 1 N–H and O–H groups in total. The second kappa shape index (κ2) is 9.79. The van der Waals surface area contributed by atoms with Crippen LogP contribution in [0.1, 0.15) is 41.3 Å². The maximum absolute atomic E-state index is 13.1. The number of carbonyl (C=O) groups is 1. The van der Waals surface area contributed by atoms with Crippen LogP contribution in [0.5, 0.6) is 0 Å². The number of anilines is 2. The molecule has 0 aromatic heterocycles. The second-order valence-corrected chi connectivity index (χ2v) is 9.53. The maximum atomic E-state index is 13.1. The van der Waals surface area contributed by atoms with Crippen LogP contribution >= 0.6 is 0 Å². The molecule has 0 saturated carbocycles. The van der Waals surface area contributed by atoms with Gasteiger partial charge in [0.2, 0.25) is 0 Å². The molecule has 0 atom stereocenters. The number of carbonyl (C=O) groups excluding carboxylic acids is 1. The maximum Gasteiger partial charge on any atom is 0.264 e. The molecule has 3 aromatic rings. The van der Waals surface area contributed by atoms with Crippen LogP contribution in [0.3, 0.4) is 0 Å². The third-order valence-corrected chi connectivity index (χ3v) is 6.98. The fraction of sp³-hybridized carbons (Fsp3) is 0.240. The lowest BCUT2D eigenvalue weighted by atomic mass is 10.1. The summed E-state index contributed by atoms with van der Waals surface area (Å²) >= 11 is 0. The average molecular weight is 437 g/mol. The Labute approximate surface area is 184 Å². The van der Waals surface area contributed by atoms with Crippen molar-refractivity contribution >= 4 is 27.3 Å². The lowest BCUT2D eigenvalue weighted by molar-refractivity contribution is 0.102. The van der Waals surface area contributed by atoms with Gasteiger partial charge in [-0.2, -0.15) is 0 Å². The summed E-state index contributed by atoms with van der Waals surface area (Å²) in [7, 11) is -2.34. The summed E-state index contributed by atoms with van der Waals surface area (Å²) in [6.07, 6.45) is 3.27. The predicted octanol–water partition coefficient (Wildman–Crippen LogP) is 5.42. The molecule has 0 aliphatic carbocycles. The minimum absolute atomic E-state index is 0.179. The number of hydrogen-bond acceptors (Lipinski definition) is 3. The van der Waals surface area contributed by atoms with Gasteiger partial charge < -0.3 is 5.32 Å². The van der Waals surface area contributed by atoms with Gasteiger partial charge in [-0.15, -0.1) is 0 Å². The van der Waals surface area contributed by atoms with Crippen LogP contribution in [0.15, 0.2) is 77.7 Å². The van der Waals surface area contributed by atoms with Crippen LogP contribution in [0.2, 0.25) is 0 Å². The lowest BCUT2D eigenvalue weighted by Crippen LogP contribution is -2.29. The summed E-state index contributed by atoms with van der Waals surface area (Å²) in [5.74, 6) is -0.358. The summed E-state index contributed by atoms with van der Waals surface area (Å²) in [5.41, 5.74) is 3.48. The van der Waals surface area contributed by atoms with Crippen molar-refractivity contribution in [3.63, 3.8) is 0 Å². The minimum atomic E-state index is -3.80. The molecule has 0 radical (unpaired) electrons. The first-order chi connectivity index (χ1) is 14.8. The molecule has 0 saturated heterocycles. The zero-order valence-corrected chi connectivity index (χ0v) is 18.9. The van der Waals surface area contributed by atoms with Crippen molar-refractivity contribution in [2.75, 3.05) is 16.7 Å². The molecule has 3 aromatic carbocycles. The topological polar surface area (TPSA) is 66.5 Å². The van der Waals surface area contributed by atoms with Crippen LogP contribution in [0.4, 0.5) is 11.4 Å². The van der Waals surface area contributed by atoms with Crippen molar-refractivity contribution < 1.29 is 13.2 Å². The van der Waals surface area contributed by atoms with Gasteiger partial charge in [0.1, 0.15) is 0 Å². The Hall–Kier alpha value is -3.12. The second-order valence-electron chi connectivity index (χ2n) is 7.56. The summed E-state index contributed by atoms with van der Waals surface area (Å²) in [4.78, 5) is 13.2. The summed E-state index contributed by atoms with van der Waals surface area (Å²) in [6, 6.07) is 21.1. The van der Waals surface area contributed by atoms with Crippen molar-refractivity contribution in [2.24, 2.45) is 0 Å². The number of amides is 1. The molecule has 162 valence electrons. The highest BCUT2D eigenvalue weighted by atomic mass is 32.2. The van der Waals surface area contributed by atoms with Gasteiger partial charge in [0.05, 0.1) is 16.1 Å². The summed E-state index contributed by atoms with van der Waals surface area (Å²) in [6.45, 7) is 4.05. The predicted molar refractivity (Wildman–Crippen MR) is 126 cm³/mol. The standard InChI is InChI=1S/C25H28N2O3S/c1-4-5-8-20-13-15-21(16-14-20)26-25(28)23-9-6-7-10-24(23)27(3)31(29,30)22-17-11-19(2)12-18-22/h6-7,9-18H,4-5,8H2,1-3H3,(H,26,28). The number of benzene rings is 3. The molecule has 1 amide bonds. The molecule has 3 rings (SSSR count). The van der Waals surface area contributed by atoms with Gasteiger partial charge in [0, 0.05) is 12.7 Å². The Bertz CT molecular complexity index is 1140. The Kier molecular flexibility index (Phi) is 7.13. The number of sulfonamides is 1. The first-order valence-electron chi connectivity index (χ1n) is 10.4. The quantitative estimate of drug-likeness (QED) is 0.513. The van der Waals surface area contributed by atoms with Gasteiger partial charge in [-0.25, -0.2) is 8.42 Å². The van der Waals surface area contributed by atoms with Crippen molar-refractivity contribution in [2.45, 2.75) is 38.0 Å². The van der Waals surface area contributed by atoms with E-state index in [-0.39, 0.29) is 16.4 Å². The molecule has 0 bridgehead atoms. The molecular formula is C25H28N2O3S. The summed E-state index contributed by atoms with van der Waals surface area (Å²) < 4.78 is 27.3. The molecule has 31 heavy (non-hydrogen) atoms. The Morgan fingerprint density at radius 3 is 2.23 bits per heavy atom. The van der Waals surface area contributed by atoms with Crippen molar-refractivity contribution in [1.82, 2.24) is 0 Å². The van der Waals surface area contributed by atoms with Crippen molar-refractivity contribution in [3.05, 3.63) is 89.5 Å². The highest BCUT2D eigenvalue weighted by Crippen LogP contribution is 2.26. The van der Waals surface area contributed by atoms with Crippen LogP contribution in [-0.2, 0) is 16.4 Å². The van der Waals surface area contributed by atoms with Crippen molar-refractivity contribution in [3.8, 4) is 0 Å². The van der Waals surface area contributed by atoms with Gasteiger partial charge in [-0.05, 0) is 61.7 Å². The minimum Gasteiger partial charge on any atom is -0.322 e. The zero-order valence-electron chi connectivity index (χ0n) is 18.1. The van der Waals surface area contributed by atoms with E-state index < -0.39 is 10.0 Å². The molecule has 0 unspecified atom stereocenters. The Morgan fingerprint density at radius 1 is 0.935 bits per heavy atom. The molecular weight excluding hydrogens is 408 g/mol.